The molecule has 0 spiro atoms. The van der Waals surface area contributed by atoms with E-state index in [9.17, 15) is 0 Å². The van der Waals surface area contributed by atoms with E-state index in [0.717, 1.165) is 24.9 Å². The van der Waals surface area contributed by atoms with Gasteiger partial charge in [0.15, 0.2) is 0 Å². The average molecular weight is 253 g/mol. The monoisotopic (exact) mass is 253 g/mol. The second kappa shape index (κ2) is 4.92. The Hall–Kier alpha value is -2.03. The number of hydrogen-bond donors (Lipinski definition) is 1. The first kappa shape index (κ1) is 12.0. The van der Waals surface area contributed by atoms with Crippen LogP contribution in [0.3, 0.4) is 0 Å². The van der Waals surface area contributed by atoms with Gasteiger partial charge in [-0.3, -0.25) is 4.98 Å². The van der Waals surface area contributed by atoms with Crippen molar-refractivity contribution in [2.75, 3.05) is 17.7 Å². The van der Waals surface area contributed by atoms with Crippen LogP contribution >= 0.6 is 0 Å². The quantitative estimate of drug-likeness (QED) is 0.837. The molecule has 0 saturated heterocycles. The predicted molar refractivity (Wildman–Crippen MR) is 79.3 cm³/mol. The first-order chi connectivity index (χ1) is 9.25. The zero-order valence-electron chi connectivity index (χ0n) is 11.2. The molecule has 19 heavy (non-hydrogen) atoms. The first-order valence-corrected chi connectivity index (χ1v) is 6.75. The van der Waals surface area contributed by atoms with Crippen LogP contribution in [0.4, 0.5) is 11.4 Å². The Balaban J connectivity index is 1.83. The number of nitrogens with two attached hydrogens (primary N) is 1. The normalized spacial score (nSPS) is 17.8. The molecule has 0 aliphatic heterocycles. The number of likely N-dealkylation sites (N-methyl/N-ethyl adjacent to an activating group) is 1. The fraction of sp³-hybridized carbons (Fsp3) is 0.312. The summed E-state index contributed by atoms with van der Waals surface area (Å²) in [5.41, 5.74) is 10.9. The molecule has 2 aromatic rings. The van der Waals surface area contributed by atoms with E-state index >= 15 is 0 Å². The van der Waals surface area contributed by atoms with Gasteiger partial charge < -0.3 is 10.6 Å². The van der Waals surface area contributed by atoms with Crippen LogP contribution in [0.5, 0.6) is 0 Å². The summed E-state index contributed by atoms with van der Waals surface area (Å²) in [6.45, 7) is 0. The van der Waals surface area contributed by atoms with Crippen LogP contribution in [-0.2, 0) is 12.8 Å². The zero-order valence-corrected chi connectivity index (χ0v) is 11.2. The van der Waals surface area contributed by atoms with E-state index < -0.39 is 0 Å². The summed E-state index contributed by atoms with van der Waals surface area (Å²) in [4.78, 5) is 6.53. The maximum atomic E-state index is 6.05. The fourth-order valence-electron chi connectivity index (χ4n) is 2.92. The van der Waals surface area contributed by atoms with Crippen molar-refractivity contribution in [1.29, 1.82) is 0 Å². The van der Waals surface area contributed by atoms with Crippen molar-refractivity contribution in [2.45, 2.75) is 25.3 Å². The van der Waals surface area contributed by atoms with Gasteiger partial charge in [-0.1, -0.05) is 12.1 Å². The molecule has 0 radical (unpaired) electrons. The number of anilines is 2. The molecule has 1 aromatic heterocycles. The lowest BCUT2D eigenvalue weighted by molar-refractivity contribution is 0.548. The SMILES string of the molecule is CN(c1cccnc1)C1CCc2c(N)cccc2C1. The highest BCUT2D eigenvalue weighted by atomic mass is 15.1. The average Bonchev–Trinajstić information content (AvgIpc) is 2.47. The molecule has 98 valence electrons. The van der Waals surface area contributed by atoms with E-state index in [1.165, 1.54) is 16.8 Å². The summed E-state index contributed by atoms with van der Waals surface area (Å²) in [5, 5.41) is 0. The minimum atomic E-state index is 0.526. The number of rotatable bonds is 2. The van der Waals surface area contributed by atoms with Gasteiger partial charge in [-0.05, 0) is 48.6 Å². The smallest absolute Gasteiger partial charge is 0.0552 e. The number of fused-ring (bicyclic) bond motifs is 1. The summed E-state index contributed by atoms with van der Waals surface area (Å²) in [6.07, 6.45) is 7.01. The van der Waals surface area contributed by atoms with Gasteiger partial charge in [0, 0.05) is 25.0 Å². The van der Waals surface area contributed by atoms with Gasteiger partial charge in [0.1, 0.15) is 0 Å². The Kier molecular flexibility index (Phi) is 3.11. The Morgan fingerprint density at radius 2 is 2.16 bits per heavy atom. The lowest BCUT2D eigenvalue weighted by Gasteiger charge is -2.34. The van der Waals surface area contributed by atoms with E-state index in [-0.39, 0.29) is 0 Å². The van der Waals surface area contributed by atoms with Crippen molar-refractivity contribution in [1.82, 2.24) is 4.98 Å². The van der Waals surface area contributed by atoms with Gasteiger partial charge in [-0.15, -0.1) is 0 Å². The molecule has 0 fully saturated rings. The molecule has 1 aliphatic rings. The third-order valence-corrected chi connectivity index (χ3v) is 4.09. The van der Waals surface area contributed by atoms with E-state index in [1.54, 1.807) is 0 Å². The molecule has 1 aliphatic carbocycles. The summed E-state index contributed by atoms with van der Waals surface area (Å²) in [6, 6.07) is 10.9. The van der Waals surface area contributed by atoms with Crippen molar-refractivity contribution in [2.24, 2.45) is 0 Å². The van der Waals surface area contributed by atoms with Gasteiger partial charge in [-0.25, -0.2) is 0 Å². The molecular formula is C16H19N3. The largest absolute Gasteiger partial charge is 0.398 e. The molecule has 3 rings (SSSR count). The van der Waals surface area contributed by atoms with Gasteiger partial charge in [0.2, 0.25) is 0 Å². The van der Waals surface area contributed by atoms with E-state index in [4.69, 9.17) is 5.73 Å². The summed E-state index contributed by atoms with van der Waals surface area (Å²) < 4.78 is 0. The van der Waals surface area contributed by atoms with Gasteiger partial charge in [-0.2, -0.15) is 0 Å². The van der Waals surface area contributed by atoms with Crippen molar-refractivity contribution >= 4 is 11.4 Å². The lowest BCUT2D eigenvalue weighted by Crippen LogP contribution is -2.36. The van der Waals surface area contributed by atoms with Crippen molar-refractivity contribution < 1.29 is 0 Å². The standard InChI is InChI=1S/C16H19N3/c1-19(14-5-3-9-18-11-14)13-7-8-15-12(10-13)4-2-6-16(15)17/h2-6,9,11,13H,7-8,10,17H2,1H3. The number of hydrogen-bond acceptors (Lipinski definition) is 3. The van der Waals surface area contributed by atoms with E-state index in [0.29, 0.717) is 6.04 Å². The minimum absolute atomic E-state index is 0.526. The second-order valence-corrected chi connectivity index (χ2v) is 5.20. The fourth-order valence-corrected chi connectivity index (χ4v) is 2.92. The Morgan fingerprint density at radius 1 is 1.26 bits per heavy atom. The molecule has 1 aromatic carbocycles. The van der Waals surface area contributed by atoms with Crippen molar-refractivity contribution in [3.8, 4) is 0 Å². The molecule has 3 nitrogen and oxygen atoms in total. The number of nitrogens with zero attached hydrogens (tertiary/aromatic N) is 2. The Morgan fingerprint density at radius 3 is 2.95 bits per heavy atom. The van der Waals surface area contributed by atoms with Crippen LogP contribution in [-0.4, -0.2) is 18.1 Å². The molecular weight excluding hydrogens is 234 g/mol. The molecule has 0 bridgehead atoms. The first-order valence-electron chi connectivity index (χ1n) is 6.75. The maximum Gasteiger partial charge on any atom is 0.0552 e. The Bertz CT molecular complexity index is 565. The summed E-state index contributed by atoms with van der Waals surface area (Å²) in [5.74, 6) is 0. The number of nitrogen functional groups attached to an aromatic ring is 1. The summed E-state index contributed by atoms with van der Waals surface area (Å²) >= 11 is 0. The topological polar surface area (TPSA) is 42.2 Å². The van der Waals surface area contributed by atoms with Crippen molar-refractivity contribution in [3.05, 3.63) is 53.9 Å². The number of benzene rings is 1. The van der Waals surface area contributed by atoms with Crippen molar-refractivity contribution in [3.63, 3.8) is 0 Å². The van der Waals surface area contributed by atoms with Crippen LogP contribution in [0.1, 0.15) is 17.5 Å². The van der Waals surface area contributed by atoms with Gasteiger partial charge >= 0.3 is 0 Å². The predicted octanol–water partition coefficient (Wildman–Crippen LogP) is 2.66. The molecule has 1 atom stereocenters. The van der Waals surface area contributed by atoms with E-state index in [1.807, 2.05) is 24.5 Å². The second-order valence-electron chi connectivity index (χ2n) is 5.20. The van der Waals surface area contributed by atoms with Crippen LogP contribution < -0.4 is 10.6 Å². The highest BCUT2D eigenvalue weighted by Gasteiger charge is 2.23. The highest BCUT2D eigenvalue weighted by Crippen LogP contribution is 2.29. The van der Waals surface area contributed by atoms with Crippen LogP contribution in [0.2, 0.25) is 0 Å². The third kappa shape index (κ3) is 2.28. The Labute approximate surface area is 114 Å². The van der Waals surface area contributed by atoms with Gasteiger partial charge in [0.25, 0.3) is 0 Å². The molecule has 1 heterocycles. The van der Waals surface area contributed by atoms with Crippen LogP contribution in [0.15, 0.2) is 42.7 Å². The number of pyridine rings is 1. The maximum absolute atomic E-state index is 6.05. The zero-order chi connectivity index (χ0) is 13.2. The van der Waals surface area contributed by atoms with Gasteiger partial charge in [0.05, 0.1) is 11.9 Å². The van der Waals surface area contributed by atoms with E-state index in [2.05, 4.69) is 35.1 Å². The molecule has 1 unspecified atom stereocenters. The molecule has 3 heteroatoms. The lowest BCUT2D eigenvalue weighted by atomic mass is 9.86. The highest BCUT2D eigenvalue weighted by molar-refractivity contribution is 5.53. The van der Waals surface area contributed by atoms with Crippen LogP contribution in [0.25, 0.3) is 0 Å². The molecule has 2 N–H and O–H groups in total. The van der Waals surface area contributed by atoms with Crippen LogP contribution in [0, 0.1) is 0 Å². The molecule has 0 saturated carbocycles. The number of aromatic nitrogens is 1. The minimum Gasteiger partial charge on any atom is -0.398 e. The molecule has 0 amide bonds. The summed E-state index contributed by atoms with van der Waals surface area (Å²) in [7, 11) is 2.15. The third-order valence-electron chi connectivity index (χ3n) is 4.09.